The largest absolute Gasteiger partial charge is 0.490 e. The molecule has 4 rings (SSSR count). The Morgan fingerprint density at radius 2 is 1.70 bits per heavy atom. The zero-order valence-corrected chi connectivity index (χ0v) is 18.6. The quantitative estimate of drug-likeness (QED) is 0.510. The van der Waals surface area contributed by atoms with Gasteiger partial charge in [-0.15, -0.1) is 10.2 Å². The third-order valence-corrected chi connectivity index (χ3v) is 7.13. The van der Waals surface area contributed by atoms with Crippen molar-refractivity contribution in [2.45, 2.75) is 81.5 Å². The van der Waals surface area contributed by atoms with E-state index >= 15 is 0 Å². The summed E-state index contributed by atoms with van der Waals surface area (Å²) < 4.78 is 8.00. The van der Waals surface area contributed by atoms with Crippen LogP contribution in [0.4, 0.5) is 0 Å². The standard InChI is InChI=1S/C23H32N4O2S/c1-27-22(17-12-14-20(15-13-17)29-19-10-6-7-11-19)25-26-23(27)30-16-21(28)24-18-8-4-2-3-5-9-18/h12-15,18-19H,2-11,16H2,1H3,(H,24,28). The van der Waals surface area contributed by atoms with Crippen LogP contribution in [-0.4, -0.2) is 38.6 Å². The summed E-state index contributed by atoms with van der Waals surface area (Å²) in [5, 5.41) is 12.6. The lowest BCUT2D eigenvalue weighted by Gasteiger charge is -2.15. The number of hydrogen-bond donors (Lipinski definition) is 1. The maximum absolute atomic E-state index is 12.4. The van der Waals surface area contributed by atoms with Crippen molar-refractivity contribution >= 4 is 17.7 Å². The van der Waals surface area contributed by atoms with E-state index in [9.17, 15) is 4.79 Å². The molecule has 0 bridgehead atoms. The number of nitrogens with zero attached hydrogens (tertiary/aromatic N) is 3. The van der Waals surface area contributed by atoms with E-state index in [0.29, 0.717) is 17.9 Å². The molecule has 6 nitrogen and oxygen atoms in total. The van der Waals surface area contributed by atoms with Crippen molar-refractivity contribution in [3.05, 3.63) is 24.3 Å². The third-order valence-electron chi connectivity index (χ3n) is 6.11. The molecule has 1 aromatic heterocycles. The second-order valence-electron chi connectivity index (χ2n) is 8.46. The maximum atomic E-state index is 12.4. The predicted octanol–water partition coefficient (Wildman–Crippen LogP) is 4.73. The number of amides is 1. The minimum absolute atomic E-state index is 0.0878. The van der Waals surface area contributed by atoms with Crippen LogP contribution in [0.15, 0.2) is 29.4 Å². The zero-order chi connectivity index (χ0) is 20.8. The van der Waals surface area contributed by atoms with Crippen LogP contribution in [0.3, 0.4) is 0 Å². The fourth-order valence-electron chi connectivity index (χ4n) is 4.40. The molecule has 0 radical (unpaired) electrons. The van der Waals surface area contributed by atoms with Gasteiger partial charge in [-0.1, -0.05) is 37.4 Å². The van der Waals surface area contributed by atoms with Crippen molar-refractivity contribution in [2.75, 3.05) is 5.75 Å². The minimum atomic E-state index is 0.0878. The van der Waals surface area contributed by atoms with E-state index in [1.54, 1.807) is 0 Å². The molecule has 2 saturated carbocycles. The molecule has 2 aliphatic rings. The summed E-state index contributed by atoms with van der Waals surface area (Å²) in [7, 11) is 1.95. The second kappa shape index (κ2) is 10.3. The Kier molecular flexibility index (Phi) is 7.31. The van der Waals surface area contributed by atoms with Crippen molar-refractivity contribution in [1.82, 2.24) is 20.1 Å². The summed E-state index contributed by atoms with van der Waals surface area (Å²) in [6.07, 6.45) is 12.4. The lowest BCUT2D eigenvalue weighted by Crippen LogP contribution is -2.35. The lowest BCUT2D eigenvalue weighted by molar-refractivity contribution is -0.119. The van der Waals surface area contributed by atoms with Gasteiger partial charge in [0.25, 0.3) is 0 Å². The van der Waals surface area contributed by atoms with Crippen LogP contribution in [0.2, 0.25) is 0 Å². The first-order chi connectivity index (χ1) is 14.7. The van der Waals surface area contributed by atoms with E-state index in [4.69, 9.17) is 4.74 Å². The summed E-state index contributed by atoms with van der Waals surface area (Å²) in [6.45, 7) is 0. The fourth-order valence-corrected chi connectivity index (χ4v) is 5.12. The van der Waals surface area contributed by atoms with Gasteiger partial charge in [-0.05, 0) is 62.8 Å². The van der Waals surface area contributed by atoms with Crippen molar-refractivity contribution in [3.63, 3.8) is 0 Å². The van der Waals surface area contributed by atoms with Crippen molar-refractivity contribution in [2.24, 2.45) is 7.05 Å². The number of thioether (sulfide) groups is 1. The van der Waals surface area contributed by atoms with Gasteiger partial charge < -0.3 is 14.6 Å². The summed E-state index contributed by atoms with van der Waals surface area (Å²) in [6, 6.07) is 8.41. The van der Waals surface area contributed by atoms with E-state index in [0.717, 1.165) is 48.0 Å². The number of hydrogen-bond acceptors (Lipinski definition) is 5. The highest BCUT2D eigenvalue weighted by molar-refractivity contribution is 7.99. The van der Waals surface area contributed by atoms with Crippen LogP contribution in [0, 0.1) is 0 Å². The molecule has 162 valence electrons. The van der Waals surface area contributed by atoms with Gasteiger partial charge >= 0.3 is 0 Å². The van der Waals surface area contributed by atoms with Crippen LogP contribution in [0.1, 0.15) is 64.2 Å². The summed E-state index contributed by atoms with van der Waals surface area (Å²) in [4.78, 5) is 12.4. The Labute approximate surface area is 183 Å². The molecule has 30 heavy (non-hydrogen) atoms. The number of carbonyl (C=O) groups excluding carboxylic acids is 1. The molecule has 2 fully saturated rings. The van der Waals surface area contributed by atoms with E-state index in [1.165, 1.54) is 50.3 Å². The van der Waals surface area contributed by atoms with Gasteiger partial charge in [-0.2, -0.15) is 0 Å². The number of aromatic nitrogens is 3. The van der Waals surface area contributed by atoms with Crippen molar-refractivity contribution in [1.29, 1.82) is 0 Å². The first kappa shape index (κ1) is 21.2. The SMILES string of the molecule is Cn1c(SCC(=O)NC2CCCCCC2)nnc1-c1ccc(OC2CCCC2)cc1. The van der Waals surface area contributed by atoms with Crippen molar-refractivity contribution < 1.29 is 9.53 Å². The molecular formula is C23H32N4O2S. The molecule has 1 N–H and O–H groups in total. The molecule has 0 unspecified atom stereocenters. The Balaban J connectivity index is 1.31. The van der Waals surface area contributed by atoms with Gasteiger partial charge in [0.2, 0.25) is 5.91 Å². The second-order valence-corrected chi connectivity index (χ2v) is 9.40. The van der Waals surface area contributed by atoms with Gasteiger partial charge in [0, 0.05) is 18.7 Å². The molecule has 0 saturated heterocycles. The number of ether oxygens (including phenoxy) is 1. The molecule has 0 atom stereocenters. The molecule has 0 spiro atoms. The van der Waals surface area contributed by atoms with E-state index in [-0.39, 0.29) is 5.91 Å². The average Bonchev–Trinajstić information content (AvgIpc) is 3.31. The van der Waals surface area contributed by atoms with Crippen LogP contribution in [-0.2, 0) is 11.8 Å². The summed E-state index contributed by atoms with van der Waals surface area (Å²) in [5.74, 6) is 2.17. The minimum Gasteiger partial charge on any atom is -0.490 e. The molecule has 0 aliphatic heterocycles. The monoisotopic (exact) mass is 428 g/mol. The molecule has 1 aromatic carbocycles. The average molecular weight is 429 g/mol. The maximum Gasteiger partial charge on any atom is 0.230 e. The van der Waals surface area contributed by atoms with E-state index < -0.39 is 0 Å². The number of carbonyl (C=O) groups is 1. The highest BCUT2D eigenvalue weighted by Crippen LogP contribution is 2.27. The van der Waals surface area contributed by atoms with Gasteiger partial charge in [0.05, 0.1) is 11.9 Å². The first-order valence-electron chi connectivity index (χ1n) is 11.3. The molecule has 2 aromatic rings. The van der Waals surface area contributed by atoms with E-state index in [2.05, 4.69) is 15.5 Å². The lowest BCUT2D eigenvalue weighted by atomic mass is 10.1. The highest BCUT2D eigenvalue weighted by Gasteiger charge is 2.18. The summed E-state index contributed by atoms with van der Waals surface area (Å²) in [5.41, 5.74) is 0.999. The Hall–Kier alpha value is -2.02. The molecule has 1 heterocycles. The van der Waals surface area contributed by atoms with Gasteiger partial charge in [0.15, 0.2) is 11.0 Å². The van der Waals surface area contributed by atoms with Gasteiger partial charge in [-0.3, -0.25) is 4.79 Å². The van der Waals surface area contributed by atoms with Gasteiger partial charge in [0.1, 0.15) is 5.75 Å². The number of rotatable bonds is 7. The van der Waals surface area contributed by atoms with Crippen LogP contribution in [0.25, 0.3) is 11.4 Å². The third kappa shape index (κ3) is 5.56. The smallest absolute Gasteiger partial charge is 0.230 e. The Bertz CT molecular complexity index is 822. The highest BCUT2D eigenvalue weighted by atomic mass is 32.2. The van der Waals surface area contributed by atoms with Crippen LogP contribution >= 0.6 is 11.8 Å². The predicted molar refractivity (Wildman–Crippen MR) is 120 cm³/mol. The molecular weight excluding hydrogens is 396 g/mol. The zero-order valence-electron chi connectivity index (χ0n) is 17.8. The normalized spacial score (nSPS) is 18.3. The van der Waals surface area contributed by atoms with Gasteiger partial charge in [-0.25, -0.2) is 0 Å². The number of benzene rings is 1. The molecule has 7 heteroatoms. The number of nitrogens with one attached hydrogen (secondary N) is 1. The molecule has 2 aliphatic carbocycles. The fraction of sp³-hybridized carbons (Fsp3) is 0.609. The van der Waals surface area contributed by atoms with Crippen LogP contribution in [0.5, 0.6) is 5.75 Å². The summed E-state index contributed by atoms with van der Waals surface area (Å²) >= 11 is 1.44. The first-order valence-corrected chi connectivity index (χ1v) is 12.3. The Morgan fingerprint density at radius 1 is 1.03 bits per heavy atom. The molecule has 1 amide bonds. The van der Waals surface area contributed by atoms with Crippen molar-refractivity contribution in [3.8, 4) is 17.1 Å². The van der Waals surface area contributed by atoms with Crippen LogP contribution < -0.4 is 10.1 Å². The van der Waals surface area contributed by atoms with E-state index in [1.807, 2.05) is 35.9 Å². The Morgan fingerprint density at radius 3 is 2.40 bits per heavy atom. The topological polar surface area (TPSA) is 69.0 Å².